The standard InChI is InChI=1S/C11H17BrO/c1-11(2,3)9-4-5-10(12)8(6-9)7-13/h7,9H,4-6H2,1-3H3. The van der Waals surface area contributed by atoms with Crippen molar-refractivity contribution >= 4 is 22.2 Å². The Bertz CT molecular complexity index is 235. The predicted octanol–water partition coefficient (Wildman–Crippen LogP) is 3.68. The second-order valence-corrected chi connectivity index (χ2v) is 5.81. The molecule has 13 heavy (non-hydrogen) atoms. The summed E-state index contributed by atoms with van der Waals surface area (Å²) in [7, 11) is 0. The van der Waals surface area contributed by atoms with Crippen molar-refractivity contribution in [2.45, 2.75) is 40.0 Å². The van der Waals surface area contributed by atoms with E-state index in [-0.39, 0.29) is 0 Å². The fourth-order valence-electron chi connectivity index (χ4n) is 1.79. The monoisotopic (exact) mass is 244 g/mol. The van der Waals surface area contributed by atoms with Crippen molar-refractivity contribution in [3.63, 3.8) is 0 Å². The summed E-state index contributed by atoms with van der Waals surface area (Å²) in [5.74, 6) is 0.647. The molecule has 0 heterocycles. The topological polar surface area (TPSA) is 17.1 Å². The van der Waals surface area contributed by atoms with Gasteiger partial charge in [0.2, 0.25) is 0 Å². The number of carbonyl (C=O) groups is 1. The zero-order valence-corrected chi connectivity index (χ0v) is 10.1. The number of hydrogen-bond donors (Lipinski definition) is 0. The molecule has 2 heteroatoms. The molecule has 0 amide bonds. The predicted molar refractivity (Wildman–Crippen MR) is 58.8 cm³/mol. The highest BCUT2D eigenvalue weighted by Crippen LogP contribution is 2.40. The van der Waals surface area contributed by atoms with Gasteiger partial charge in [0.1, 0.15) is 6.29 Å². The first-order chi connectivity index (χ1) is 5.95. The molecule has 1 aliphatic rings. The van der Waals surface area contributed by atoms with Gasteiger partial charge in [0.05, 0.1) is 0 Å². The van der Waals surface area contributed by atoms with E-state index >= 15 is 0 Å². The Hall–Kier alpha value is -0.110. The Morgan fingerprint density at radius 1 is 1.46 bits per heavy atom. The van der Waals surface area contributed by atoms with E-state index in [1.165, 1.54) is 6.42 Å². The summed E-state index contributed by atoms with van der Waals surface area (Å²) in [4.78, 5) is 10.8. The molecule has 0 aromatic rings. The van der Waals surface area contributed by atoms with E-state index in [2.05, 4.69) is 36.7 Å². The molecule has 0 saturated heterocycles. The van der Waals surface area contributed by atoms with Gasteiger partial charge in [0, 0.05) is 10.1 Å². The molecule has 1 nitrogen and oxygen atoms in total. The van der Waals surface area contributed by atoms with Crippen LogP contribution in [0.3, 0.4) is 0 Å². The molecule has 0 aromatic heterocycles. The maximum Gasteiger partial charge on any atom is 0.146 e. The first-order valence-electron chi connectivity index (χ1n) is 4.78. The molecule has 74 valence electrons. The van der Waals surface area contributed by atoms with Crippen LogP contribution in [0, 0.1) is 11.3 Å². The van der Waals surface area contributed by atoms with Gasteiger partial charge >= 0.3 is 0 Å². The van der Waals surface area contributed by atoms with Crippen LogP contribution < -0.4 is 0 Å². The van der Waals surface area contributed by atoms with Gasteiger partial charge in [0.25, 0.3) is 0 Å². The Morgan fingerprint density at radius 3 is 2.54 bits per heavy atom. The van der Waals surface area contributed by atoms with E-state index in [1.54, 1.807) is 0 Å². The quantitative estimate of drug-likeness (QED) is 0.644. The second-order valence-electron chi connectivity index (χ2n) is 4.85. The molecule has 0 aliphatic heterocycles. The van der Waals surface area contributed by atoms with E-state index in [4.69, 9.17) is 0 Å². The van der Waals surface area contributed by atoms with Crippen LogP contribution in [-0.2, 0) is 4.79 Å². The Morgan fingerprint density at radius 2 is 2.08 bits per heavy atom. The molecule has 0 radical (unpaired) electrons. The van der Waals surface area contributed by atoms with E-state index < -0.39 is 0 Å². The smallest absolute Gasteiger partial charge is 0.146 e. The third-order valence-electron chi connectivity index (χ3n) is 2.89. The molecular weight excluding hydrogens is 228 g/mol. The zero-order chi connectivity index (χ0) is 10.1. The average Bonchev–Trinajstić information content (AvgIpc) is 2.03. The van der Waals surface area contributed by atoms with E-state index in [1.807, 2.05) is 0 Å². The van der Waals surface area contributed by atoms with Crippen LogP contribution in [0.25, 0.3) is 0 Å². The van der Waals surface area contributed by atoms with Gasteiger partial charge in [-0.1, -0.05) is 36.7 Å². The molecule has 0 N–H and O–H groups in total. The van der Waals surface area contributed by atoms with Crippen molar-refractivity contribution in [3.05, 3.63) is 10.1 Å². The Labute approximate surface area is 88.7 Å². The van der Waals surface area contributed by atoms with Gasteiger partial charge in [-0.2, -0.15) is 0 Å². The van der Waals surface area contributed by atoms with Crippen LogP contribution in [0.15, 0.2) is 10.1 Å². The van der Waals surface area contributed by atoms with Gasteiger partial charge in [-0.25, -0.2) is 0 Å². The van der Waals surface area contributed by atoms with Gasteiger partial charge < -0.3 is 0 Å². The molecule has 0 bridgehead atoms. The molecule has 1 aliphatic carbocycles. The average molecular weight is 245 g/mol. The molecule has 1 atom stereocenters. The minimum atomic E-state index is 0.321. The fraction of sp³-hybridized carbons (Fsp3) is 0.727. The van der Waals surface area contributed by atoms with Crippen molar-refractivity contribution in [3.8, 4) is 0 Å². The van der Waals surface area contributed by atoms with Gasteiger partial charge in [0.15, 0.2) is 0 Å². The first kappa shape index (κ1) is 11.0. The van der Waals surface area contributed by atoms with Crippen LogP contribution in [0.5, 0.6) is 0 Å². The van der Waals surface area contributed by atoms with Crippen molar-refractivity contribution in [2.75, 3.05) is 0 Å². The van der Waals surface area contributed by atoms with Crippen LogP contribution >= 0.6 is 15.9 Å². The summed E-state index contributed by atoms with van der Waals surface area (Å²) in [6, 6.07) is 0. The van der Waals surface area contributed by atoms with Gasteiger partial charge in [-0.05, 0) is 30.6 Å². The third-order valence-corrected chi connectivity index (χ3v) is 3.80. The maximum absolute atomic E-state index is 10.8. The SMILES string of the molecule is CC(C)(C)C1CCC(Br)=C(C=O)C1. The lowest BCUT2D eigenvalue weighted by molar-refractivity contribution is -0.105. The molecule has 1 unspecified atom stereocenters. The third kappa shape index (κ3) is 2.67. The molecule has 0 saturated carbocycles. The lowest BCUT2D eigenvalue weighted by atomic mass is 9.72. The molecular formula is C11H17BrO. The molecule has 0 aromatic carbocycles. The summed E-state index contributed by atoms with van der Waals surface area (Å²) < 4.78 is 1.11. The minimum Gasteiger partial charge on any atom is -0.298 e. The normalized spacial score (nSPS) is 24.8. The molecule has 1 rings (SSSR count). The maximum atomic E-state index is 10.8. The van der Waals surface area contributed by atoms with Crippen LogP contribution in [0.2, 0.25) is 0 Å². The van der Waals surface area contributed by atoms with Crippen molar-refractivity contribution in [1.82, 2.24) is 0 Å². The Kier molecular flexibility index (Phi) is 3.33. The van der Waals surface area contributed by atoms with Crippen molar-refractivity contribution in [2.24, 2.45) is 11.3 Å². The van der Waals surface area contributed by atoms with Crippen molar-refractivity contribution in [1.29, 1.82) is 0 Å². The lowest BCUT2D eigenvalue weighted by Crippen LogP contribution is -2.23. The van der Waals surface area contributed by atoms with Crippen molar-refractivity contribution < 1.29 is 4.79 Å². The van der Waals surface area contributed by atoms with Crippen LogP contribution in [-0.4, -0.2) is 6.29 Å². The number of rotatable bonds is 1. The van der Waals surface area contributed by atoms with Gasteiger partial charge in [-0.15, -0.1) is 0 Å². The van der Waals surface area contributed by atoms with E-state index in [9.17, 15) is 4.79 Å². The van der Waals surface area contributed by atoms with Crippen LogP contribution in [0.1, 0.15) is 40.0 Å². The highest BCUT2D eigenvalue weighted by Gasteiger charge is 2.28. The number of allylic oxidation sites excluding steroid dienone is 2. The van der Waals surface area contributed by atoms with E-state index in [0.717, 1.165) is 29.2 Å². The summed E-state index contributed by atoms with van der Waals surface area (Å²) >= 11 is 3.46. The fourth-order valence-corrected chi connectivity index (χ4v) is 2.28. The summed E-state index contributed by atoms with van der Waals surface area (Å²) in [6.07, 6.45) is 4.16. The van der Waals surface area contributed by atoms with Gasteiger partial charge in [-0.3, -0.25) is 4.79 Å². The number of aldehydes is 1. The lowest BCUT2D eigenvalue weighted by Gasteiger charge is -2.33. The van der Waals surface area contributed by atoms with Crippen LogP contribution in [0.4, 0.5) is 0 Å². The summed E-state index contributed by atoms with van der Waals surface area (Å²) in [6.45, 7) is 6.75. The highest BCUT2D eigenvalue weighted by molar-refractivity contribution is 9.11. The molecule has 0 fully saturated rings. The Balaban J connectivity index is 2.76. The first-order valence-corrected chi connectivity index (χ1v) is 5.57. The zero-order valence-electron chi connectivity index (χ0n) is 8.56. The summed E-state index contributed by atoms with van der Waals surface area (Å²) in [5.41, 5.74) is 1.29. The van der Waals surface area contributed by atoms with E-state index in [0.29, 0.717) is 11.3 Å². The minimum absolute atomic E-state index is 0.321. The molecule has 0 spiro atoms. The second kappa shape index (κ2) is 3.95. The number of hydrogen-bond acceptors (Lipinski definition) is 1. The largest absolute Gasteiger partial charge is 0.298 e. The highest BCUT2D eigenvalue weighted by atomic mass is 79.9. The number of halogens is 1. The summed E-state index contributed by atoms with van der Waals surface area (Å²) in [5, 5.41) is 0. The number of carbonyl (C=O) groups excluding carboxylic acids is 1.